The van der Waals surface area contributed by atoms with E-state index < -0.39 is 11.9 Å². The molecule has 0 rings (SSSR count). The number of rotatable bonds is 30. The molecule has 0 N–H and O–H groups in total. The second kappa shape index (κ2) is 33.4. The molecule has 42 heavy (non-hydrogen) atoms. The summed E-state index contributed by atoms with van der Waals surface area (Å²) >= 11 is 0. The van der Waals surface area contributed by atoms with Crippen LogP contribution in [0.5, 0.6) is 0 Å². The van der Waals surface area contributed by atoms with E-state index in [9.17, 15) is 9.59 Å². The monoisotopic (exact) mass is 588 g/mol. The van der Waals surface area contributed by atoms with Crippen molar-refractivity contribution >= 4 is 11.9 Å². The van der Waals surface area contributed by atoms with Gasteiger partial charge in [-0.15, -0.1) is 0 Å². The van der Waals surface area contributed by atoms with Crippen molar-refractivity contribution in [2.24, 2.45) is 5.92 Å². The minimum absolute atomic E-state index is 0.266. The molecule has 0 saturated carbocycles. The van der Waals surface area contributed by atoms with Gasteiger partial charge in [-0.1, -0.05) is 134 Å². The predicted octanol–water partition coefficient (Wildman–Crippen LogP) is 11.8. The predicted molar refractivity (Wildman–Crippen MR) is 177 cm³/mol. The maximum absolute atomic E-state index is 12.0. The Balaban J connectivity index is 3.53. The highest BCUT2D eigenvalue weighted by molar-refractivity contribution is 5.71. The fourth-order valence-electron chi connectivity index (χ4n) is 4.50. The molecule has 0 aromatic rings. The number of carbonyl (C=O) groups excluding carboxylic acids is 2. The van der Waals surface area contributed by atoms with Crippen LogP contribution in [0.4, 0.5) is 0 Å². The molecule has 0 radical (unpaired) electrons. The summed E-state index contributed by atoms with van der Waals surface area (Å²) in [5.41, 5.74) is 0. The summed E-state index contributed by atoms with van der Waals surface area (Å²) in [6.45, 7) is 6.28. The molecule has 1 unspecified atom stereocenters. The Kier molecular flexibility index (Phi) is 31.7. The van der Waals surface area contributed by atoms with E-state index in [0.717, 1.165) is 77.0 Å². The first-order valence-electron chi connectivity index (χ1n) is 17.3. The maximum atomic E-state index is 12.0. The van der Waals surface area contributed by atoms with E-state index >= 15 is 0 Å². The highest BCUT2D eigenvalue weighted by atomic mass is 17.5. The molecule has 0 aliphatic carbocycles. The molecular weight excluding hydrogens is 524 g/mol. The third-order valence-electron chi connectivity index (χ3n) is 7.31. The van der Waals surface area contributed by atoms with Crippen LogP contribution in [0.1, 0.15) is 168 Å². The number of hydrogen-bond acceptors (Lipinski definition) is 5. The molecule has 0 aliphatic rings. The lowest BCUT2D eigenvalue weighted by atomic mass is 10.0. The zero-order valence-corrected chi connectivity index (χ0v) is 27.5. The first-order valence-corrected chi connectivity index (χ1v) is 17.3. The summed E-state index contributed by atoms with van der Waals surface area (Å²) in [6.07, 6.45) is 43.1. The van der Waals surface area contributed by atoms with E-state index in [1.165, 1.54) is 64.2 Å². The average molecular weight is 589 g/mol. The van der Waals surface area contributed by atoms with Crippen LogP contribution >= 0.6 is 0 Å². The van der Waals surface area contributed by atoms with Gasteiger partial charge in [0.25, 0.3) is 0 Å². The third-order valence-corrected chi connectivity index (χ3v) is 7.31. The Hall–Kier alpha value is -2.14. The van der Waals surface area contributed by atoms with E-state index in [1.807, 2.05) is 6.92 Å². The third kappa shape index (κ3) is 30.8. The van der Waals surface area contributed by atoms with Crippen molar-refractivity contribution in [3.05, 3.63) is 48.6 Å². The molecule has 0 fully saturated rings. The summed E-state index contributed by atoms with van der Waals surface area (Å²) in [6, 6.07) is 0. The summed E-state index contributed by atoms with van der Waals surface area (Å²) in [5, 5.41) is 4.45. The fraction of sp³-hybridized carbons (Fsp3) is 0.730. The van der Waals surface area contributed by atoms with Gasteiger partial charge in [0.2, 0.25) is 0 Å². The molecule has 5 heteroatoms. The minimum Gasteiger partial charge on any atom is -0.260 e. The fourth-order valence-corrected chi connectivity index (χ4v) is 4.50. The average Bonchev–Trinajstić information content (AvgIpc) is 2.99. The SMILES string of the molecule is CCCCC/C=C\C/C=C\CCCCCCCC(=O)OOOC(=O)C(C)CCCCCC/C=C\C/C=C\CCCCC. The topological polar surface area (TPSA) is 61.8 Å². The van der Waals surface area contributed by atoms with Crippen LogP contribution in [0.15, 0.2) is 48.6 Å². The molecule has 1 atom stereocenters. The molecule has 0 amide bonds. The van der Waals surface area contributed by atoms with Gasteiger partial charge in [-0.3, -0.25) is 9.78 Å². The van der Waals surface area contributed by atoms with Gasteiger partial charge in [0.05, 0.1) is 5.92 Å². The van der Waals surface area contributed by atoms with Crippen molar-refractivity contribution in [3.63, 3.8) is 0 Å². The normalized spacial score (nSPS) is 12.7. The van der Waals surface area contributed by atoms with Crippen molar-refractivity contribution in [1.29, 1.82) is 0 Å². The van der Waals surface area contributed by atoms with E-state index in [2.05, 4.69) is 77.3 Å². The standard InChI is InChI=1S/C37H64O5/c1-4-6-8-10-12-14-16-18-20-22-24-26-28-30-32-34-36(38)40-42-41-37(39)35(3)33-31-29-27-25-23-21-19-17-15-13-11-9-7-5-2/h12-15,18-21,35H,4-11,16-17,22-34H2,1-3H3/b14-12-,15-13-,20-18-,21-19-. The first kappa shape index (κ1) is 39.9. The highest BCUT2D eigenvalue weighted by Crippen LogP contribution is 2.14. The number of allylic oxidation sites excluding steroid dienone is 8. The highest BCUT2D eigenvalue weighted by Gasteiger charge is 2.16. The van der Waals surface area contributed by atoms with Gasteiger partial charge < -0.3 is 0 Å². The summed E-state index contributed by atoms with van der Waals surface area (Å²) in [7, 11) is 0. The molecule has 0 spiro atoms. The Morgan fingerprint density at radius 1 is 0.524 bits per heavy atom. The largest absolute Gasteiger partial charge is 0.349 e. The number of carbonyl (C=O) groups is 2. The Bertz CT molecular complexity index is 722. The van der Waals surface area contributed by atoms with Crippen molar-refractivity contribution in [3.8, 4) is 0 Å². The van der Waals surface area contributed by atoms with Gasteiger partial charge in [0, 0.05) is 11.5 Å². The Labute approximate surface area is 259 Å². The molecular formula is C37H64O5. The van der Waals surface area contributed by atoms with Crippen molar-refractivity contribution < 1.29 is 24.4 Å². The number of hydrogen-bond donors (Lipinski definition) is 0. The minimum atomic E-state index is -0.502. The van der Waals surface area contributed by atoms with E-state index in [0.29, 0.717) is 0 Å². The molecule has 0 aliphatic heterocycles. The Morgan fingerprint density at radius 3 is 1.45 bits per heavy atom. The lowest BCUT2D eigenvalue weighted by Gasteiger charge is -2.09. The van der Waals surface area contributed by atoms with Crippen LogP contribution in [-0.2, 0) is 24.4 Å². The molecule has 0 heterocycles. The van der Waals surface area contributed by atoms with Crippen LogP contribution in [0, 0.1) is 5.92 Å². The van der Waals surface area contributed by atoms with Crippen LogP contribution in [-0.4, -0.2) is 11.9 Å². The Morgan fingerprint density at radius 2 is 0.952 bits per heavy atom. The van der Waals surface area contributed by atoms with Gasteiger partial charge in [0.15, 0.2) is 0 Å². The van der Waals surface area contributed by atoms with Crippen LogP contribution in [0.25, 0.3) is 0 Å². The lowest BCUT2D eigenvalue weighted by molar-refractivity contribution is -0.460. The molecule has 0 bridgehead atoms. The van der Waals surface area contributed by atoms with Gasteiger partial charge >= 0.3 is 11.9 Å². The zero-order chi connectivity index (χ0) is 30.8. The van der Waals surface area contributed by atoms with Gasteiger partial charge in [-0.05, 0) is 77.0 Å². The first-order chi connectivity index (χ1) is 20.6. The zero-order valence-electron chi connectivity index (χ0n) is 27.5. The molecule has 242 valence electrons. The molecule has 5 nitrogen and oxygen atoms in total. The van der Waals surface area contributed by atoms with Crippen molar-refractivity contribution in [1.82, 2.24) is 0 Å². The molecule has 0 saturated heterocycles. The summed E-state index contributed by atoms with van der Waals surface area (Å²) in [4.78, 5) is 33.1. The number of unbranched alkanes of at least 4 members (excludes halogenated alkanes) is 15. The van der Waals surface area contributed by atoms with Gasteiger partial charge in [-0.2, -0.15) is 0 Å². The summed E-state index contributed by atoms with van der Waals surface area (Å²) in [5.74, 6) is -1.28. The second-order valence-corrected chi connectivity index (χ2v) is 11.5. The van der Waals surface area contributed by atoms with Gasteiger partial charge in [0.1, 0.15) is 0 Å². The second-order valence-electron chi connectivity index (χ2n) is 11.5. The van der Waals surface area contributed by atoms with E-state index in [4.69, 9.17) is 0 Å². The van der Waals surface area contributed by atoms with Crippen molar-refractivity contribution in [2.45, 2.75) is 168 Å². The molecule has 0 aromatic heterocycles. The summed E-state index contributed by atoms with van der Waals surface area (Å²) < 4.78 is 0. The smallest absolute Gasteiger partial charge is 0.260 e. The quantitative estimate of drug-likeness (QED) is 0.0361. The van der Waals surface area contributed by atoms with Crippen LogP contribution in [0.3, 0.4) is 0 Å². The van der Waals surface area contributed by atoms with Crippen LogP contribution in [0.2, 0.25) is 0 Å². The van der Waals surface area contributed by atoms with E-state index in [-0.39, 0.29) is 12.3 Å². The van der Waals surface area contributed by atoms with Gasteiger partial charge in [-0.25, -0.2) is 9.59 Å². The maximum Gasteiger partial charge on any atom is 0.349 e. The van der Waals surface area contributed by atoms with Crippen LogP contribution < -0.4 is 0 Å². The van der Waals surface area contributed by atoms with E-state index in [1.54, 1.807) is 0 Å². The van der Waals surface area contributed by atoms with Crippen molar-refractivity contribution in [2.75, 3.05) is 0 Å². The lowest BCUT2D eigenvalue weighted by Crippen LogP contribution is -2.17. The molecule has 0 aromatic carbocycles.